The largest absolute Gasteiger partial charge is 0.497 e. The van der Waals surface area contributed by atoms with Crippen molar-refractivity contribution < 1.29 is 14.3 Å². The van der Waals surface area contributed by atoms with Crippen LogP contribution >= 0.6 is 11.8 Å². The van der Waals surface area contributed by atoms with E-state index in [0.717, 1.165) is 27.8 Å². The molecule has 3 aromatic carbocycles. The number of nitrogens with zero attached hydrogens (tertiary/aromatic N) is 5. The molecule has 0 bridgehead atoms. The van der Waals surface area contributed by atoms with Gasteiger partial charge in [0.2, 0.25) is 0 Å². The molecular weight excluding hydrogens is 498 g/mol. The fourth-order valence-corrected chi connectivity index (χ4v) is 5.56. The topological polar surface area (TPSA) is 90.2 Å². The molecule has 38 heavy (non-hydrogen) atoms. The van der Waals surface area contributed by atoms with Crippen LogP contribution in [0.4, 0.5) is 0 Å². The molecule has 3 heterocycles. The van der Waals surface area contributed by atoms with Gasteiger partial charge in [0.25, 0.3) is 11.8 Å². The summed E-state index contributed by atoms with van der Waals surface area (Å²) < 4.78 is 7.31. The van der Waals surface area contributed by atoms with Crippen molar-refractivity contribution in [3.63, 3.8) is 0 Å². The lowest BCUT2D eigenvalue weighted by Crippen LogP contribution is -2.41. The van der Waals surface area contributed by atoms with Gasteiger partial charge in [-0.3, -0.25) is 24.0 Å². The minimum atomic E-state index is -0.245. The number of imide groups is 1. The van der Waals surface area contributed by atoms with E-state index in [-0.39, 0.29) is 11.8 Å². The van der Waals surface area contributed by atoms with Crippen molar-refractivity contribution in [3.8, 4) is 22.8 Å². The molecule has 0 N–H and O–H groups in total. The third-order valence-electron chi connectivity index (χ3n) is 6.52. The van der Waals surface area contributed by atoms with Crippen molar-refractivity contribution in [2.45, 2.75) is 11.6 Å². The highest BCUT2D eigenvalue weighted by Gasteiger charge is 2.32. The Kier molecular flexibility index (Phi) is 6.35. The van der Waals surface area contributed by atoms with Crippen molar-refractivity contribution in [2.24, 2.45) is 0 Å². The number of rotatable bonds is 8. The first-order valence-corrected chi connectivity index (χ1v) is 13.2. The molecule has 2 amide bonds. The molecule has 8 nitrogen and oxygen atoms in total. The zero-order chi connectivity index (χ0) is 26.1. The summed E-state index contributed by atoms with van der Waals surface area (Å²) in [6, 6.07) is 22.6. The summed E-state index contributed by atoms with van der Waals surface area (Å²) in [5.41, 5.74) is 2.95. The molecule has 2 aromatic heterocycles. The molecule has 0 atom stereocenters. The number of carbonyl (C=O) groups excluding carboxylic acids is 2. The highest BCUT2D eigenvalue weighted by Crippen LogP contribution is 2.31. The van der Waals surface area contributed by atoms with E-state index < -0.39 is 0 Å². The van der Waals surface area contributed by atoms with Gasteiger partial charge in [0.15, 0.2) is 11.0 Å². The van der Waals surface area contributed by atoms with Crippen LogP contribution in [0.25, 0.3) is 27.8 Å². The molecule has 0 radical (unpaired) electrons. The molecule has 0 unspecified atom stereocenters. The van der Waals surface area contributed by atoms with E-state index in [1.807, 2.05) is 65.2 Å². The van der Waals surface area contributed by atoms with E-state index >= 15 is 0 Å². The number of aromatic nitrogens is 4. The molecule has 0 spiro atoms. The maximum atomic E-state index is 13.2. The summed E-state index contributed by atoms with van der Waals surface area (Å²) in [6.07, 6.45) is 4.06. The van der Waals surface area contributed by atoms with E-state index in [1.54, 1.807) is 31.6 Å². The van der Waals surface area contributed by atoms with Gasteiger partial charge in [-0.15, -0.1) is 10.2 Å². The van der Waals surface area contributed by atoms with Crippen LogP contribution < -0.4 is 4.74 Å². The molecule has 0 aliphatic carbocycles. The van der Waals surface area contributed by atoms with E-state index in [0.29, 0.717) is 40.8 Å². The highest BCUT2D eigenvalue weighted by molar-refractivity contribution is 7.99. The molecule has 5 aromatic rings. The number of hydrogen-bond acceptors (Lipinski definition) is 7. The van der Waals surface area contributed by atoms with Gasteiger partial charge in [0.1, 0.15) is 5.75 Å². The second-order valence-corrected chi connectivity index (χ2v) is 9.81. The smallest absolute Gasteiger partial charge is 0.261 e. The van der Waals surface area contributed by atoms with Gasteiger partial charge in [-0.1, -0.05) is 36.0 Å². The average Bonchev–Trinajstić information content (AvgIpc) is 3.39. The monoisotopic (exact) mass is 521 g/mol. The van der Waals surface area contributed by atoms with Crippen molar-refractivity contribution in [1.82, 2.24) is 24.6 Å². The predicted octanol–water partition coefficient (Wildman–Crippen LogP) is 5.27. The lowest BCUT2D eigenvalue weighted by molar-refractivity contribution is 0.0611. The molecular formula is C29H23N5O3S. The van der Waals surface area contributed by atoms with Gasteiger partial charge < -0.3 is 4.74 Å². The second-order valence-electron chi connectivity index (χ2n) is 8.75. The molecule has 1 aliphatic rings. The summed E-state index contributed by atoms with van der Waals surface area (Å²) in [4.78, 5) is 31.8. The average molecular weight is 522 g/mol. The summed E-state index contributed by atoms with van der Waals surface area (Å²) in [5.74, 6) is 1.62. The fraction of sp³-hybridized carbons (Fsp3) is 0.138. The summed E-state index contributed by atoms with van der Waals surface area (Å²) >= 11 is 1.53. The summed E-state index contributed by atoms with van der Waals surface area (Å²) in [6.45, 7) is 0.323. The Balaban J connectivity index is 1.21. The van der Waals surface area contributed by atoms with E-state index in [9.17, 15) is 9.59 Å². The zero-order valence-electron chi connectivity index (χ0n) is 20.6. The number of thioether (sulfide) groups is 1. The normalized spacial score (nSPS) is 12.8. The number of benzene rings is 3. The Bertz CT molecular complexity index is 1600. The van der Waals surface area contributed by atoms with Crippen LogP contribution in [0.15, 0.2) is 90.3 Å². The van der Waals surface area contributed by atoms with E-state index in [2.05, 4.69) is 15.2 Å². The Hall–Kier alpha value is -4.50. The molecule has 0 saturated heterocycles. The van der Waals surface area contributed by atoms with Crippen LogP contribution in [0.1, 0.15) is 27.1 Å². The first kappa shape index (κ1) is 23.9. The SMILES string of the molecule is COc1ccc(-n2c(SCCCN3C(=O)c4cccc5cccc(c45)C3=O)nnc2-c2ccncc2)cc1. The van der Waals surface area contributed by atoms with Gasteiger partial charge in [0.05, 0.1) is 7.11 Å². The van der Waals surface area contributed by atoms with Crippen LogP contribution in [0.3, 0.4) is 0 Å². The maximum absolute atomic E-state index is 13.2. The quantitative estimate of drug-likeness (QED) is 0.156. The Morgan fingerprint density at radius 2 is 1.53 bits per heavy atom. The summed E-state index contributed by atoms with van der Waals surface area (Å²) in [7, 11) is 1.63. The van der Waals surface area contributed by atoms with Crippen LogP contribution in [0, 0.1) is 0 Å². The second kappa shape index (κ2) is 10.1. The predicted molar refractivity (Wildman–Crippen MR) is 146 cm³/mol. The Labute approximate surface area is 223 Å². The first-order valence-electron chi connectivity index (χ1n) is 12.2. The number of carbonyl (C=O) groups is 2. The molecule has 6 rings (SSSR count). The molecule has 1 aliphatic heterocycles. The molecule has 0 saturated carbocycles. The number of pyridine rings is 1. The minimum absolute atomic E-state index is 0.245. The number of amides is 2. The van der Waals surface area contributed by atoms with E-state index in [1.165, 1.54) is 16.7 Å². The zero-order valence-corrected chi connectivity index (χ0v) is 21.4. The highest BCUT2D eigenvalue weighted by atomic mass is 32.2. The van der Waals surface area contributed by atoms with Crippen LogP contribution in [0.2, 0.25) is 0 Å². The third-order valence-corrected chi connectivity index (χ3v) is 7.53. The van der Waals surface area contributed by atoms with Crippen molar-refractivity contribution in [1.29, 1.82) is 0 Å². The Morgan fingerprint density at radius 3 is 2.18 bits per heavy atom. The van der Waals surface area contributed by atoms with Gasteiger partial charge in [0, 0.05) is 52.5 Å². The molecule has 0 fully saturated rings. The fourth-order valence-electron chi connectivity index (χ4n) is 4.69. The Morgan fingerprint density at radius 1 is 0.842 bits per heavy atom. The molecule has 9 heteroatoms. The van der Waals surface area contributed by atoms with Crippen molar-refractivity contribution in [3.05, 3.63) is 96.3 Å². The van der Waals surface area contributed by atoms with Gasteiger partial charge >= 0.3 is 0 Å². The van der Waals surface area contributed by atoms with Crippen molar-refractivity contribution >= 4 is 34.3 Å². The standard InChI is InChI=1S/C29H23N5O3S/c1-37-22-11-9-21(10-12-22)34-26(20-13-15-30-16-14-20)31-32-29(34)38-18-4-17-33-27(35)23-7-2-5-19-6-3-8-24(25(19)23)28(33)36/h2-3,5-16H,4,17-18H2,1H3. The van der Waals surface area contributed by atoms with Gasteiger partial charge in [-0.25, -0.2) is 0 Å². The van der Waals surface area contributed by atoms with Crippen LogP contribution in [-0.2, 0) is 0 Å². The van der Waals surface area contributed by atoms with Gasteiger partial charge in [-0.05, 0) is 60.3 Å². The summed E-state index contributed by atoms with van der Waals surface area (Å²) in [5, 5.41) is 11.3. The maximum Gasteiger partial charge on any atom is 0.261 e. The number of hydrogen-bond donors (Lipinski definition) is 0. The molecule has 188 valence electrons. The van der Waals surface area contributed by atoms with Crippen LogP contribution in [0.5, 0.6) is 5.75 Å². The lowest BCUT2D eigenvalue weighted by Gasteiger charge is -2.27. The number of ether oxygens (including phenoxy) is 1. The van der Waals surface area contributed by atoms with Gasteiger partial charge in [-0.2, -0.15) is 0 Å². The van der Waals surface area contributed by atoms with Crippen LogP contribution in [-0.4, -0.2) is 55.9 Å². The number of methoxy groups -OCH3 is 1. The van der Waals surface area contributed by atoms with E-state index in [4.69, 9.17) is 4.74 Å². The first-order chi connectivity index (χ1) is 18.7. The third kappa shape index (κ3) is 4.20. The minimum Gasteiger partial charge on any atom is -0.497 e. The van der Waals surface area contributed by atoms with Crippen molar-refractivity contribution in [2.75, 3.05) is 19.4 Å². The lowest BCUT2D eigenvalue weighted by atomic mass is 9.94.